The molecule has 0 aliphatic carbocycles. The molecule has 6 heteroatoms. The van der Waals surface area contributed by atoms with E-state index in [9.17, 15) is 18.0 Å². The van der Waals surface area contributed by atoms with Gasteiger partial charge in [-0.1, -0.05) is 6.08 Å². The van der Waals surface area contributed by atoms with E-state index in [4.69, 9.17) is 5.73 Å². The second-order valence-corrected chi connectivity index (χ2v) is 2.54. The fourth-order valence-electron chi connectivity index (χ4n) is 0.635. The third-order valence-corrected chi connectivity index (χ3v) is 1.35. The van der Waals surface area contributed by atoms with Crippen LogP contribution in [0.5, 0.6) is 0 Å². The summed E-state index contributed by atoms with van der Waals surface area (Å²) in [6.07, 6.45) is -2.87. The maximum atomic E-state index is 11.8. The zero-order valence-electron chi connectivity index (χ0n) is 7.67. The number of alkyl halides is 3. The van der Waals surface area contributed by atoms with E-state index in [1.54, 1.807) is 6.92 Å². The van der Waals surface area contributed by atoms with Gasteiger partial charge in [-0.05, 0) is 13.3 Å². The summed E-state index contributed by atoms with van der Waals surface area (Å²) in [6.45, 7) is 1.79. The number of rotatable bonds is 4. The van der Waals surface area contributed by atoms with Gasteiger partial charge in [0.15, 0.2) is 0 Å². The maximum Gasteiger partial charge on any atom is 0.403 e. The molecular formula is C8H12F3NO2. The summed E-state index contributed by atoms with van der Waals surface area (Å²) in [5.41, 5.74) is 4.78. The fraction of sp³-hybridized carbons (Fsp3) is 0.625. The monoisotopic (exact) mass is 211 g/mol. The number of nitrogens with two attached hydrogens (primary N) is 1. The number of carbonyl (C=O) groups excluding carboxylic acids is 1. The molecule has 0 aliphatic heterocycles. The third kappa shape index (κ3) is 5.58. The molecule has 82 valence electrons. The van der Waals surface area contributed by atoms with Gasteiger partial charge in [-0.2, -0.15) is 13.2 Å². The molecule has 0 heterocycles. The maximum absolute atomic E-state index is 11.8. The van der Waals surface area contributed by atoms with Gasteiger partial charge in [0.25, 0.3) is 0 Å². The van der Waals surface area contributed by atoms with Crippen LogP contribution in [-0.2, 0) is 9.53 Å². The molecule has 1 atom stereocenters. The highest BCUT2D eigenvalue weighted by atomic mass is 19.4. The molecule has 0 spiro atoms. The van der Waals surface area contributed by atoms with Gasteiger partial charge in [-0.3, -0.25) is 0 Å². The third-order valence-electron chi connectivity index (χ3n) is 1.35. The summed E-state index contributed by atoms with van der Waals surface area (Å²) in [6, 6.07) is -1.94. The first-order valence-electron chi connectivity index (χ1n) is 4.03. The quantitative estimate of drug-likeness (QED) is 0.564. The molecule has 0 saturated carbocycles. The molecule has 14 heavy (non-hydrogen) atoms. The van der Waals surface area contributed by atoms with Crippen molar-refractivity contribution < 1.29 is 22.7 Å². The lowest BCUT2D eigenvalue weighted by Crippen LogP contribution is -2.36. The van der Waals surface area contributed by atoms with Gasteiger partial charge >= 0.3 is 12.1 Å². The SMILES string of the molecule is CCOC(=O)/C=C/C[C@H](N)C(F)(F)F. The Bertz CT molecular complexity index is 213. The van der Waals surface area contributed by atoms with Crippen molar-refractivity contribution in [3.05, 3.63) is 12.2 Å². The van der Waals surface area contributed by atoms with Crippen LogP contribution in [0.4, 0.5) is 13.2 Å². The molecule has 0 aromatic carbocycles. The van der Waals surface area contributed by atoms with Crippen LogP contribution in [0.2, 0.25) is 0 Å². The lowest BCUT2D eigenvalue weighted by atomic mass is 10.2. The summed E-state index contributed by atoms with van der Waals surface area (Å²) in [5, 5.41) is 0. The molecule has 0 amide bonds. The number of halogens is 3. The van der Waals surface area contributed by atoms with Gasteiger partial charge in [0, 0.05) is 6.08 Å². The van der Waals surface area contributed by atoms with Crippen LogP contribution >= 0.6 is 0 Å². The lowest BCUT2D eigenvalue weighted by Gasteiger charge is -2.12. The molecule has 0 unspecified atom stereocenters. The Kier molecular flexibility index (Phi) is 5.22. The zero-order chi connectivity index (χ0) is 11.2. The highest BCUT2D eigenvalue weighted by molar-refractivity contribution is 5.81. The highest BCUT2D eigenvalue weighted by Gasteiger charge is 2.35. The van der Waals surface area contributed by atoms with E-state index in [0.29, 0.717) is 0 Å². The van der Waals surface area contributed by atoms with E-state index in [0.717, 1.165) is 12.2 Å². The highest BCUT2D eigenvalue weighted by Crippen LogP contribution is 2.20. The normalized spacial score (nSPS) is 14.4. The Labute approximate surface area is 79.7 Å². The molecule has 3 nitrogen and oxygen atoms in total. The standard InChI is InChI=1S/C8H12F3NO2/c1-2-14-7(13)5-3-4-6(12)8(9,10)11/h3,5-6H,2,4,12H2,1H3/b5-3+/t6-/m0/s1. The number of hydrogen-bond acceptors (Lipinski definition) is 3. The molecule has 0 aromatic rings. The van der Waals surface area contributed by atoms with Crippen molar-refractivity contribution in [3.63, 3.8) is 0 Å². The second kappa shape index (κ2) is 5.64. The Balaban J connectivity index is 3.88. The first-order chi connectivity index (χ1) is 6.38. The first-order valence-corrected chi connectivity index (χ1v) is 4.03. The van der Waals surface area contributed by atoms with Crippen LogP contribution in [0.1, 0.15) is 13.3 Å². The summed E-state index contributed by atoms with van der Waals surface area (Å²) in [7, 11) is 0. The lowest BCUT2D eigenvalue weighted by molar-refractivity contribution is -0.147. The number of ether oxygens (including phenoxy) is 1. The van der Waals surface area contributed by atoms with E-state index < -0.39 is 24.6 Å². The first kappa shape index (κ1) is 13.0. The van der Waals surface area contributed by atoms with Crippen molar-refractivity contribution in [1.82, 2.24) is 0 Å². The summed E-state index contributed by atoms with van der Waals surface area (Å²) in [5.74, 6) is -0.665. The van der Waals surface area contributed by atoms with Crippen molar-refractivity contribution >= 4 is 5.97 Å². The summed E-state index contributed by atoms with van der Waals surface area (Å²) < 4.78 is 40.0. The molecule has 0 rings (SSSR count). The van der Waals surface area contributed by atoms with E-state index in [-0.39, 0.29) is 6.61 Å². The number of hydrogen-bond donors (Lipinski definition) is 1. The van der Waals surface area contributed by atoms with Crippen molar-refractivity contribution in [2.24, 2.45) is 5.73 Å². The average molecular weight is 211 g/mol. The molecule has 0 aliphatic rings. The fourth-order valence-corrected chi connectivity index (χ4v) is 0.635. The zero-order valence-corrected chi connectivity index (χ0v) is 7.67. The number of esters is 1. The van der Waals surface area contributed by atoms with Gasteiger partial charge in [0.1, 0.15) is 6.04 Å². The van der Waals surface area contributed by atoms with Crippen LogP contribution < -0.4 is 5.73 Å². The van der Waals surface area contributed by atoms with Gasteiger partial charge in [-0.25, -0.2) is 4.79 Å². The Morgan fingerprint density at radius 3 is 2.57 bits per heavy atom. The van der Waals surface area contributed by atoms with Gasteiger partial charge in [-0.15, -0.1) is 0 Å². The Morgan fingerprint density at radius 2 is 2.14 bits per heavy atom. The Hall–Kier alpha value is -1.04. The summed E-state index contributed by atoms with van der Waals surface area (Å²) in [4.78, 5) is 10.6. The van der Waals surface area contributed by atoms with Gasteiger partial charge < -0.3 is 10.5 Å². The molecule has 0 saturated heterocycles. The van der Waals surface area contributed by atoms with Gasteiger partial charge in [0.2, 0.25) is 0 Å². The minimum Gasteiger partial charge on any atom is -0.463 e. The number of carbonyl (C=O) groups is 1. The molecule has 2 N–H and O–H groups in total. The predicted molar refractivity (Wildman–Crippen MR) is 44.4 cm³/mol. The van der Waals surface area contributed by atoms with Crippen LogP contribution in [0.3, 0.4) is 0 Å². The van der Waals surface area contributed by atoms with Gasteiger partial charge in [0.05, 0.1) is 6.61 Å². The molecule has 0 bridgehead atoms. The predicted octanol–water partition coefficient (Wildman–Crippen LogP) is 1.39. The van der Waals surface area contributed by atoms with Crippen molar-refractivity contribution in [2.75, 3.05) is 6.61 Å². The second-order valence-electron chi connectivity index (χ2n) is 2.54. The minimum absolute atomic E-state index is 0.189. The van der Waals surface area contributed by atoms with E-state index in [1.165, 1.54) is 0 Å². The van der Waals surface area contributed by atoms with Crippen molar-refractivity contribution in [1.29, 1.82) is 0 Å². The molecule has 0 fully saturated rings. The van der Waals surface area contributed by atoms with Crippen molar-refractivity contribution in [3.8, 4) is 0 Å². The molecular weight excluding hydrogens is 199 g/mol. The minimum atomic E-state index is -4.43. The smallest absolute Gasteiger partial charge is 0.403 e. The molecule has 0 aromatic heterocycles. The average Bonchev–Trinajstić information content (AvgIpc) is 2.02. The van der Waals surface area contributed by atoms with Crippen molar-refractivity contribution in [2.45, 2.75) is 25.6 Å². The van der Waals surface area contributed by atoms with Crippen LogP contribution in [0.25, 0.3) is 0 Å². The van der Waals surface area contributed by atoms with Crippen LogP contribution in [-0.4, -0.2) is 24.8 Å². The largest absolute Gasteiger partial charge is 0.463 e. The van der Waals surface area contributed by atoms with Crippen LogP contribution in [0.15, 0.2) is 12.2 Å². The molecule has 0 radical (unpaired) electrons. The van der Waals surface area contributed by atoms with E-state index >= 15 is 0 Å². The summed E-state index contributed by atoms with van der Waals surface area (Å²) >= 11 is 0. The van der Waals surface area contributed by atoms with E-state index in [1.807, 2.05) is 0 Å². The topological polar surface area (TPSA) is 52.3 Å². The Morgan fingerprint density at radius 1 is 1.57 bits per heavy atom. The van der Waals surface area contributed by atoms with E-state index in [2.05, 4.69) is 4.74 Å². The van der Waals surface area contributed by atoms with Crippen LogP contribution in [0, 0.1) is 0 Å².